The molecule has 0 spiro atoms. The van der Waals surface area contributed by atoms with E-state index in [0.717, 1.165) is 16.9 Å². The molecule has 0 saturated heterocycles. The zero-order chi connectivity index (χ0) is 21.5. The lowest BCUT2D eigenvalue weighted by Gasteiger charge is -2.10. The Balaban J connectivity index is 1.40. The fraction of sp³-hybridized carbons (Fsp3) is 0.125. The lowest BCUT2D eigenvalue weighted by Crippen LogP contribution is -2.28. The molecule has 1 N–H and O–H groups in total. The van der Waals surface area contributed by atoms with Gasteiger partial charge in [0.05, 0.1) is 12.7 Å². The van der Waals surface area contributed by atoms with Gasteiger partial charge in [0.1, 0.15) is 11.5 Å². The number of amides is 1. The highest BCUT2D eigenvalue weighted by atomic mass is 16.5. The molecule has 156 valence electrons. The predicted octanol–water partition coefficient (Wildman–Crippen LogP) is 4.11. The summed E-state index contributed by atoms with van der Waals surface area (Å²) in [5, 5.41) is 11.1. The number of ether oxygens (including phenoxy) is 2. The molecule has 4 rings (SSSR count). The molecule has 31 heavy (non-hydrogen) atoms. The number of methoxy groups -OCH3 is 1. The maximum Gasteiger partial charge on any atom is 0.258 e. The number of carbonyl (C=O) groups excluding carboxylic acids is 1. The van der Waals surface area contributed by atoms with Crippen molar-refractivity contribution in [2.24, 2.45) is 0 Å². The van der Waals surface area contributed by atoms with Gasteiger partial charge in [-0.25, -0.2) is 0 Å². The molecule has 1 heterocycles. The van der Waals surface area contributed by atoms with E-state index in [-0.39, 0.29) is 12.5 Å². The van der Waals surface area contributed by atoms with Crippen LogP contribution >= 0.6 is 0 Å². The van der Waals surface area contributed by atoms with E-state index in [9.17, 15) is 4.79 Å². The average molecular weight is 415 g/mol. The molecule has 3 aromatic carbocycles. The van der Waals surface area contributed by atoms with Gasteiger partial charge in [0.15, 0.2) is 6.61 Å². The summed E-state index contributed by atoms with van der Waals surface area (Å²) in [6, 6.07) is 24.3. The first-order chi connectivity index (χ1) is 15.2. The minimum absolute atomic E-state index is 0.138. The second-order valence-electron chi connectivity index (χ2n) is 6.69. The quantitative estimate of drug-likeness (QED) is 0.466. The van der Waals surface area contributed by atoms with Gasteiger partial charge < -0.3 is 19.2 Å². The van der Waals surface area contributed by atoms with Crippen molar-refractivity contribution in [3.63, 3.8) is 0 Å². The van der Waals surface area contributed by atoms with E-state index >= 15 is 0 Å². The molecule has 0 aliphatic carbocycles. The van der Waals surface area contributed by atoms with Crippen LogP contribution in [0.2, 0.25) is 0 Å². The molecule has 0 bridgehead atoms. The second kappa shape index (κ2) is 9.58. The topological polar surface area (TPSA) is 86.5 Å². The van der Waals surface area contributed by atoms with Crippen LogP contribution < -0.4 is 14.8 Å². The third-order valence-electron chi connectivity index (χ3n) is 4.55. The molecule has 0 aliphatic heterocycles. The molecule has 0 aliphatic rings. The Bertz CT molecular complexity index is 1160. The van der Waals surface area contributed by atoms with E-state index in [0.29, 0.717) is 29.6 Å². The third kappa shape index (κ3) is 5.08. The van der Waals surface area contributed by atoms with Gasteiger partial charge >= 0.3 is 0 Å². The maximum atomic E-state index is 12.3. The van der Waals surface area contributed by atoms with Gasteiger partial charge in [-0.2, -0.15) is 0 Å². The molecule has 0 unspecified atom stereocenters. The SMILES string of the molecule is COc1cccc(CNC(=O)COc2ccccc2-c2nnc(-c3ccccc3)o2)c1. The van der Waals surface area contributed by atoms with Crippen LogP contribution in [0.3, 0.4) is 0 Å². The number of benzene rings is 3. The Kier molecular flexibility index (Phi) is 6.23. The zero-order valence-electron chi connectivity index (χ0n) is 16.9. The summed E-state index contributed by atoms with van der Waals surface area (Å²) in [6.07, 6.45) is 0. The summed E-state index contributed by atoms with van der Waals surface area (Å²) >= 11 is 0. The van der Waals surface area contributed by atoms with Crippen molar-refractivity contribution < 1.29 is 18.7 Å². The number of rotatable bonds is 8. The summed E-state index contributed by atoms with van der Waals surface area (Å²) in [4.78, 5) is 12.3. The molecule has 4 aromatic rings. The molecule has 7 heteroatoms. The van der Waals surface area contributed by atoms with E-state index < -0.39 is 0 Å². The van der Waals surface area contributed by atoms with E-state index in [1.807, 2.05) is 72.8 Å². The number of nitrogens with one attached hydrogen (secondary N) is 1. The summed E-state index contributed by atoms with van der Waals surface area (Å²) in [5.41, 5.74) is 2.39. The van der Waals surface area contributed by atoms with Gasteiger partial charge in [0.25, 0.3) is 11.8 Å². The highest BCUT2D eigenvalue weighted by Crippen LogP contribution is 2.30. The number of carbonyl (C=O) groups is 1. The Morgan fingerprint density at radius 2 is 1.71 bits per heavy atom. The lowest BCUT2D eigenvalue weighted by molar-refractivity contribution is -0.123. The van der Waals surface area contributed by atoms with Gasteiger partial charge in [0.2, 0.25) is 5.89 Å². The Labute approximate surface area is 179 Å². The summed E-state index contributed by atoms with van der Waals surface area (Å²) in [5.74, 6) is 1.73. The van der Waals surface area contributed by atoms with Gasteiger partial charge in [-0.05, 0) is 42.0 Å². The van der Waals surface area contributed by atoms with Crippen molar-refractivity contribution in [2.75, 3.05) is 13.7 Å². The second-order valence-corrected chi connectivity index (χ2v) is 6.69. The first-order valence-corrected chi connectivity index (χ1v) is 9.73. The minimum atomic E-state index is -0.242. The summed E-state index contributed by atoms with van der Waals surface area (Å²) in [7, 11) is 1.61. The molecular formula is C24H21N3O4. The minimum Gasteiger partial charge on any atom is -0.497 e. The van der Waals surface area contributed by atoms with Gasteiger partial charge in [-0.15, -0.1) is 10.2 Å². The number of hydrogen-bond acceptors (Lipinski definition) is 6. The van der Waals surface area contributed by atoms with Gasteiger partial charge in [-0.1, -0.05) is 42.5 Å². The average Bonchev–Trinajstić information content (AvgIpc) is 3.32. The van der Waals surface area contributed by atoms with E-state index in [2.05, 4.69) is 15.5 Å². The Hall–Kier alpha value is -4.13. The van der Waals surface area contributed by atoms with Gasteiger partial charge in [-0.3, -0.25) is 4.79 Å². The van der Waals surface area contributed by atoms with Crippen LogP contribution in [0, 0.1) is 0 Å². The lowest BCUT2D eigenvalue weighted by atomic mass is 10.2. The standard InChI is InChI=1S/C24H21N3O4/c1-29-19-11-7-8-17(14-19)15-25-22(28)16-30-21-13-6-5-12-20(21)24-27-26-23(31-24)18-9-3-2-4-10-18/h2-14H,15-16H2,1H3,(H,25,28). The third-order valence-corrected chi connectivity index (χ3v) is 4.55. The molecule has 0 atom stereocenters. The largest absolute Gasteiger partial charge is 0.497 e. The van der Waals surface area contributed by atoms with Crippen molar-refractivity contribution in [1.29, 1.82) is 0 Å². The first-order valence-electron chi connectivity index (χ1n) is 9.73. The smallest absolute Gasteiger partial charge is 0.258 e. The van der Waals surface area contributed by atoms with E-state index in [1.165, 1.54) is 0 Å². The number of nitrogens with zero attached hydrogens (tertiary/aromatic N) is 2. The highest BCUT2D eigenvalue weighted by Gasteiger charge is 2.15. The van der Waals surface area contributed by atoms with Crippen molar-refractivity contribution in [3.05, 3.63) is 84.4 Å². The van der Waals surface area contributed by atoms with Crippen LogP contribution in [0.25, 0.3) is 22.9 Å². The fourth-order valence-electron chi connectivity index (χ4n) is 2.98. The van der Waals surface area contributed by atoms with E-state index in [4.69, 9.17) is 13.9 Å². The molecule has 1 aromatic heterocycles. The van der Waals surface area contributed by atoms with Crippen molar-refractivity contribution >= 4 is 5.91 Å². The van der Waals surface area contributed by atoms with E-state index in [1.54, 1.807) is 13.2 Å². The highest BCUT2D eigenvalue weighted by molar-refractivity contribution is 5.78. The predicted molar refractivity (Wildman–Crippen MR) is 116 cm³/mol. The maximum absolute atomic E-state index is 12.3. The van der Waals surface area contributed by atoms with Crippen LogP contribution in [0.4, 0.5) is 0 Å². The molecular weight excluding hydrogens is 394 g/mol. The molecule has 7 nitrogen and oxygen atoms in total. The first kappa shape index (κ1) is 20.2. The Morgan fingerprint density at radius 3 is 2.55 bits per heavy atom. The van der Waals surface area contributed by atoms with Crippen molar-refractivity contribution in [2.45, 2.75) is 6.54 Å². The van der Waals surface area contributed by atoms with Gasteiger partial charge in [0, 0.05) is 12.1 Å². The molecule has 1 amide bonds. The molecule has 0 saturated carbocycles. The number of hydrogen-bond donors (Lipinski definition) is 1. The molecule has 0 fully saturated rings. The fourth-order valence-corrected chi connectivity index (χ4v) is 2.98. The monoisotopic (exact) mass is 415 g/mol. The van der Waals surface area contributed by atoms with Crippen molar-refractivity contribution in [3.8, 4) is 34.4 Å². The van der Waals surface area contributed by atoms with Crippen LogP contribution in [0.5, 0.6) is 11.5 Å². The van der Waals surface area contributed by atoms with Crippen LogP contribution in [-0.2, 0) is 11.3 Å². The molecule has 0 radical (unpaired) electrons. The van der Waals surface area contributed by atoms with Crippen LogP contribution in [0.1, 0.15) is 5.56 Å². The number of aromatic nitrogens is 2. The summed E-state index contributed by atoms with van der Waals surface area (Å²) in [6.45, 7) is 0.242. The number of para-hydroxylation sites is 1. The normalized spacial score (nSPS) is 10.5. The zero-order valence-corrected chi connectivity index (χ0v) is 16.9. The summed E-state index contributed by atoms with van der Waals surface area (Å²) < 4.78 is 16.7. The Morgan fingerprint density at radius 1 is 0.935 bits per heavy atom. The van der Waals surface area contributed by atoms with Crippen LogP contribution in [-0.4, -0.2) is 29.8 Å². The van der Waals surface area contributed by atoms with Crippen LogP contribution in [0.15, 0.2) is 83.3 Å². The van der Waals surface area contributed by atoms with Crippen molar-refractivity contribution in [1.82, 2.24) is 15.5 Å².